The van der Waals surface area contributed by atoms with Crippen LogP contribution < -0.4 is 9.47 Å². The Balaban J connectivity index is 1.52. The number of nitrogens with zero attached hydrogens (tertiary/aromatic N) is 1. The van der Waals surface area contributed by atoms with E-state index in [2.05, 4.69) is 12.1 Å². The van der Waals surface area contributed by atoms with E-state index in [1.807, 2.05) is 44.4 Å². The van der Waals surface area contributed by atoms with E-state index in [0.717, 1.165) is 40.2 Å². The molecule has 222 valence electrons. The summed E-state index contributed by atoms with van der Waals surface area (Å²) in [5, 5.41) is 0.557. The number of benzene rings is 3. The van der Waals surface area contributed by atoms with Crippen molar-refractivity contribution in [3.63, 3.8) is 0 Å². The molecule has 1 fully saturated rings. The molecule has 3 aromatic carbocycles. The molecular weight excluding hydrogens is 570 g/mol. The number of ketones is 2. The van der Waals surface area contributed by atoms with E-state index in [-0.39, 0.29) is 23.4 Å². The zero-order valence-electron chi connectivity index (χ0n) is 25.0. The van der Waals surface area contributed by atoms with Crippen LogP contribution in [0.25, 0.3) is 0 Å². The second kappa shape index (κ2) is 13.3. The van der Waals surface area contributed by atoms with Gasteiger partial charge in [0.25, 0.3) is 0 Å². The number of carbonyl (C=O) groups is 3. The molecule has 0 spiro atoms. The molecule has 2 atom stereocenters. The quantitative estimate of drug-likeness (QED) is 0.172. The van der Waals surface area contributed by atoms with Crippen molar-refractivity contribution in [2.24, 2.45) is 11.8 Å². The van der Waals surface area contributed by atoms with Gasteiger partial charge in [-0.1, -0.05) is 35.9 Å². The average Bonchev–Trinajstić information content (AvgIpc) is 3.39. The third kappa shape index (κ3) is 7.56. The van der Waals surface area contributed by atoms with E-state index in [1.54, 1.807) is 54.8 Å². The van der Waals surface area contributed by atoms with Gasteiger partial charge in [0, 0.05) is 34.5 Å². The van der Waals surface area contributed by atoms with Gasteiger partial charge in [0.2, 0.25) is 0 Å². The molecule has 0 aromatic heterocycles. The molecule has 6 nitrogen and oxygen atoms in total. The van der Waals surface area contributed by atoms with Crippen LogP contribution in [-0.2, 0) is 11.2 Å². The number of hydrogen-bond acceptors (Lipinski definition) is 6. The van der Waals surface area contributed by atoms with E-state index in [0.29, 0.717) is 29.4 Å². The molecule has 0 unspecified atom stereocenters. The fourth-order valence-corrected chi connectivity index (χ4v) is 5.81. The molecule has 4 rings (SSSR count). The van der Waals surface area contributed by atoms with Crippen molar-refractivity contribution >= 4 is 41.0 Å². The second-order valence-electron chi connectivity index (χ2n) is 11.5. The molecule has 0 saturated carbocycles. The summed E-state index contributed by atoms with van der Waals surface area (Å²) in [7, 11) is 0. The van der Waals surface area contributed by atoms with Crippen molar-refractivity contribution in [1.82, 2.24) is 4.90 Å². The Bertz CT molecular complexity index is 1430. The molecular formula is C34H38ClNO5S. The van der Waals surface area contributed by atoms with Gasteiger partial charge in [-0.05, 0) is 113 Å². The lowest BCUT2D eigenvalue weighted by atomic mass is 9.84. The number of aryl methyl sites for hydroxylation is 3. The van der Waals surface area contributed by atoms with Crippen molar-refractivity contribution < 1.29 is 23.9 Å². The lowest BCUT2D eigenvalue weighted by molar-refractivity contribution is -0.129. The lowest BCUT2D eigenvalue weighted by Crippen LogP contribution is -2.36. The highest BCUT2D eigenvalue weighted by Gasteiger charge is 2.40. The highest BCUT2D eigenvalue weighted by atomic mass is 35.5. The van der Waals surface area contributed by atoms with Crippen molar-refractivity contribution in [2.75, 3.05) is 19.3 Å². The van der Waals surface area contributed by atoms with E-state index in [1.165, 1.54) is 6.92 Å². The normalized spacial score (nSPS) is 16.8. The van der Waals surface area contributed by atoms with E-state index < -0.39 is 11.7 Å². The first kappa shape index (κ1) is 31.6. The number of carbonyl (C=O) groups excluding carboxylic acids is 3. The molecule has 0 N–H and O–H groups in total. The summed E-state index contributed by atoms with van der Waals surface area (Å²) >= 11 is 7.60. The first-order valence-electron chi connectivity index (χ1n) is 14.1. The predicted molar refractivity (Wildman–Crippen MR) is 168 cm³/mol. The summed E-state index contributed by atoms with van der Waals surface area (Å²) in [5.74, 6) is 0.747. The predicted octanol–water partition coefficient (Wildman–Crippen LogP) is 7.99. The zero-order valence-corrected chi connectivity index (χ0v) is 26.6. The van der Waals surface area contributed by atoms with Crippen LogP contribution in [0.4, 0.5) is 4.79 Å². The topological polar surface area (TPSA) is 72.9 Å². The molecule has 1 heterocycles. The molecule has 0 radical (unpaired) electrons. The molecule has 0 aliphatic carbocycles. The third-order valence-electron chi connectivity index (χ3n) is 7.96. The van der Waals surface area contributed by atoms with E-state index in [9.17, 15) is 14.4 Å². The number of hydrogen-bond donors (Lipinski definition) is 0. The minimum Gasteiger partial charge on any atom is -0.480 e. The number of halogens is 1. The Morgan fingerprint density at radius 1 is 0.976 bits per heavy atom. The van der Waals surface area contributed by atoms with E-state index >= 15 is 0 Å². The SMILES string of the molecule is CSc1ccc(C(=O)[C@H]2CN(C(=O)Oc3ccc(Cl)cc3)C[C@@H]2CCc2cc(C)c(OC(C)(C)C(C)=O)c(C)c2)cc1. The average molecular weight is 608 g/mol. The molecule has 1 aliphatic rings. The molecule has 1 aliphatic heterocycles. The monoisotopic (exact) mass is 607 g/mol. The fraction of sp³-hybridized carbons (Fsp3) is 0.382. The van der Waals surface area contributed by atoms with E-state index in [4.69, 9.17) is 21.1 Å². The minimum atomic E-state index is -0.910. The van der Waals surface area contributed by atoms with Crippen LogP contribution in [0, 0.1) is 25.7 Å². The van der Waals surface area contributed by atoms with Gasteiger partial charge in [0.15, 0.2) is 17.2 Å². The maximum absolute atomic E-state index is 13.7. The van der Waals surface area contributed by atoms with Crippen molar-refractivity contribution in [3.8, 4) is 11.5 Å². The van der Waals surface area contributed by atoms with Crippen LogP contribution in [-0.4, -0.2) is 47.5 Å². The van der Waals surface area contributed by atoms with Crippen LogP contribution in [0.15, 0.2) is 65.6 Å². The first-order chi connectivity index (χ1) is 19.9. The largest absolute Gasteiger partial charge is 0.480 e. The number of ether oxygens (including phenoxy) is 2. The Morgan fingerprint density at radius 3 is 2.17 bits per heavy atom. The molecule has 1 amide bonds. The summed E-state index contributed by atoms with van der Waals surface area (Å²) in [6.45, 7) is 9.77. The van der Waals surface area contributed by atoms with Crippen LogP contribution in [0.1, 0.15) is 54.2 Å². The summed E-state index contributed by atoms with van der Waals surface area (Å²) in [6.07, 6.45) is 2.98. The first-order valence-corrected chi connectivity index (χ1v) is 15.7. The Hall–Kier alpha value is -3.29. The van der Waals surface area contributed by atoms with Crippen molar-refractivity contribution in [3.05, 3.63) is 87.9 Å². The highest BCUT2D eigenvalue weighted by molar-refractivity contribution is 7.98. The smallest absolute Gasteiger partial charge is 0.415 e. The fourth-order valence-electron chi connectivity index (χ4n) is 5.27. The third-order valence-corrected chi connectivity index (χ3v) is 8.95. The van der Waals surface area contributed by atoms with Crippen LogP contribution >= 0.6 is 23.4 Å². The maximum atomic E-state index is 13.7. The summed E-state index contributed by atoms with van der Waals surface area (Å²) in [4.78, 5) is 41.6. The van der Waals surface area contributed by atoms with Gasteiger partial charge in [0.05, 0.1) is 0 Å². The minimum absolute atomic E-state index is 0.0375. The van der Waals surface area contributed by atoms with Crippen molar-refractivity contribution in [2.45, 2.75) is 58.0 Å². The van der Waals surface area contributed by atoms with Gasteiger partial charge in [-0.2, -0.15) is 0 Å². The second-order valence-corrected chi connectivity index (χ2v) is 12.8. The lowest BCUT2D eigenvalue weighted by Gasteiger charge is -2.26. The number of Topliss-reactive ketones (excluding diaryl/α,β-unsaturated/α-hetero) is 2. The van der Waals surface area contributed by atoms with Gasteiger partial charge in [-0.3, -0.25) is 9.59 Å². The summed E-state index contributed by atoms with van der Waals surface area (Å²) in [5.41, 5.74) is 2.78. The highest BCUT2D eigenvalue weighted by Crippen LogP contribution is 2.34. The summed E-state index contributed by atoms with van der Waals surface area (Å²) in [6, 6.07) is 18.5. The molecule has 8 heteroatoms. The Kier molecular flexibility index (Phi) is 10.1. The Labute approximate surface area is 257 Å². The summed E-state index contributed by atoms with van der Waals surface area (Å²) < 4.78 is 11.7. The van der Waals surface area contributed by atoms with Crippen LogP contribution in [0.5, 0.6) is 11.5 Å². The van der Waals surface area contributed by atoms with Gasteiger partial charge < -0.3 is 14.4 Å². The van der Waals surface area contributed by atoms with Crippen LogP contribution in [0.2, 0.25) is 5.02 Å². The number of rotatable bonds is 10. The van der Waals surface area contributed by atoms with Gasteiger partial charge in [-0.25, -0.2) is 4.79 Å². The standard InChI is InChI=1S/C34H38ClNO5S/c1-21-17-24(18-22(2)32(21)41-34(4,5)23(3)37)7-8-26-19-36(33(39)40-28-13-11-27(35)12-14-28)20-30(26)31(38)25-9-15-29(42-6)16-10-25/h9-18,26,30H,7-8,19-20H2,1-6H3/t26-,30-/m0/s1. The Morgan fingerprint density at radius 2 is 1.60 bits per heavy atom. The van der Waals surface area contributed by atoms with Gasteiger partial charge >= 0.3 is 6.09 Å². The van der Waals surface area contributed by atoms with Crippen LogP contribution in [0.3, 0.4) is 0 Å². The van der Waals surface area contributed by atoms with Gasteiger partial charge in [-0.15, -0.1) is 11.8 Å². The molecule has 0 bridgehead atoms. The zero-order chi connectivity index (χ0) is 30.6. The molecule has 3 aromatic rings. The number of thioether (sulfide) groups is 1. The number of amides is 1. The number of likely N-dealkylation sites (tertiary alicyclic amines) is 1. The molecule has 42 heavy (non-hydrogen) atoms. The maximum Gasteiger partial charge on any atom is 0.415 e. The van der Waals surface area contributed by atoms with Gasteiger partial charge in [0.1, 0.15) is 11.5 Å². The van der Waals surface area contributed by atoms with Crippen molar-refractivity contribution in [1.29, 1.82) is 0 Å². The molecule has 1 saturated heterocycles.